The summed E-state index contributed by atoms with van der Waals surface area (Å²) in [5, 5.41) is 0. The number of carbonyl (C=O) groups excluding carboxylic acids is 1. The van der Waals surface area contributed by atoms with E-state index in [0.29, 0.717) is 19.8 Å². The Morgan fingerprint density at radius 2 is 0.902 bits per heavy atom. The van der Waals surface area contributed by atoms with E-state index in [1.54, 1.807) is 20.8 Å². The van der Waals surface area contributed by atoms with E-state index in [0.717, 1.165) is 4.90 Å². The lowest BCUT2D eigenvalue weighted by atomic mass is 10.0. The fourth-order valence-electron chi connectivity index (χ4n) is 4.72. The highest BCUT2D eigenvalue weighted by Crippen LogP contribution is 2.37. The van der Waals surface area contributed by atoms with Crippen molar-refractivity contribution in [2.24, 2.45) is 5.92 Å². The van der Waals surface area contributed by atoms with Crippen LogP contribution in [0.25, 0.3) is 0 Å². The fraction of sp³-hybridized carbons (Fsp3) is 0.964. The molecule has 0 heterocycles. The Labute approximate surface area is 299 Å². The summed E-state index contributed by atoms with van der Waals surface area (Å²) in [6.45, 7) is 6.00. The van der Waals surface area contributed by atoms with Crippen LogP contribution in [0, 0.1) is 5.92 Å². The Hall–Kier alpha value is -0.869. The van der Waals surface area contributed by atoms with Gasteiger partial charge in [0.25, 0.3) is 0 Å². The summed E-state index contributed by atoms with van der Waals surface area (Å²) in [7, 11) is -1.02. The van der Waals surface area contributed by atoms with E-state index in [9.17, 15) is 44.3 Å². The molecule has 0 N–H and O–H groups in total. The lowest BCUT2D eigenvalue weighted by Gasteiger charge is -2.31. The minimum atomic E-state index is -5.36. The molecular weight excluding hydrogens is 766 g/mol. The molecule has 23 heteroatoms. The molecule has 0 aliphatic carbocycles. The van der Waals surface area contributed by atoms with Gasteiger partial charge in [0.15, 0.2) is 0 Å². The van der Waals surface area contributed by atoms with Crippen LogP contribution in [0.4, 0.5) is 39.5 Å². The first-order valence-electron chi connectivity index (χ1n) is 15.8. The summed E-state index contributed by atoms with van der Waals surface area (Å²) in [6.07, 6.45) is -17.6. The highest BCUT2D eigenvalue weighted by molar-refractivity contribution is 6.61. The molecule has 1 unspecified atom stereocenters. The Bertz CT molecular complexity index is 840. The molecule has 0 bridgehead atoms. The molecular formula is C28H58F9NO10Si3. The summed E-state index contributed by atoms with van der Waals surface area (Å²) >= 11 is 0. The number of nitrogens with zero attached hydrogens (tertiary/aromatic N) is 1. The molecule has 0 saturated carbocycles. The van der Waals surface area contributed by atoms with Crippen molar-refractivity contribution >= 4 is 32.3 Å². The molecule has 1 amide bonds. The molecule has 1 atom stereocenters. The van der Waals surface area contributed by atoms with Crippen molar-refractivity contribution in [2.45, 2.75) is 97.0 Å². The monoisotopic (exact) mass is 823 g/mol. The number of hydrogen-bond acceptors (Lipinski definition) is 10. The van der Waals surface area contributed by atoms with Crippen molar-refractivity contribution in [2.75, 3.05) is 75.6 Å². The maximum absolute atomic E-state index is 13.4. The summed E-state index contributed by atoms with van der Waals surface area (Å²) in [5.41, 5.74) is 0. The van der Waals surface area contributed by atoms with E-state index in [4.69, 9.17) is 39.8 Å². The second kappa shape index (κ2) is 26.0. The van der Waals surface area contributed by atoms with Gasteiger partial charge in [-0.25, -0.2) is 0 Å². The molecule has 0 radical (unpaired) electrons. The summed E-state index contributed by atoms with van der Waals surface area (Å²) < 4.78 is 162. The molecule has 0 fully saturated rings. The van der Waals surface area contributed by atoms with Gasteiger partial charge in [-0.3, -0.25) is 4.79 Å². The predicted octanol–water partition coefficient (Wildman–Crippen LogP) is 7.50. The van der Waals surface area contributed by atoms with Crippen LogP contribution in [0.3, 0.4) is 0 Å². The number of carbonyl (C=O) groups is 1. The number of hydrogen-bond donors (Lipinski definition) is 0. The Morgan fingerprint density at radius 3 is 1.16 bits per heavy atom. The topological polar surface area (TPSA) is 103 Å². The van der Waals surface area contributed by atoms with Crippen LogP contribution in [-0.2, 0) is 44.6 Å². The van der Waals surface area contributed by atoms with Crippen LogP contribution in [0.5, 0.6) is 0 Å². The van der Waals surface area contributed by atoms with Gasteiger partial charge in [-0.05, 0) is 40.0 Å². The molecule has 11 nitrogen and oxygen atoms in total. The van der Waals surface area contributed by atoms with Crippen LogP contribution in [0.15, 0.2) is 0 Å². The first-order chi connectivity index (χ1) is 23.1. The molecule has 0 saturated heterocycles. The first kappa shape index (κ1) is 54.5. The second-order valence-electron chi connectivity index (χ2n) is 10.5. The zero-order chi connectivity index (χ0) is 39.3. The summed E-state index contributed by atoms with van der Waals surface area (Å²) in [4.78, 5) is 13.4. The zero-order valence-electron chi connectivity index (χ0n) is 30.2. The van der Waals surface area contributed by atoms with Crippen molar-refractivity contribution in [3.63, 3.8) is 0 Å². The van der Waals surface area contributed by atoms with Gasteiger partial charge in [-0.2, -0.15) is 39.5 Å². The molecule has 310 valence electrons. The SMILES string of the molecule is C.CCO[Si](CCCC(F)(F)F)(OCC)OCC.CO[Si](CCCN(CCC[Si](OC)(OC)OC)C(=O)C(CC(F)(F)F)C(F)(F)F)(OC)OC. The number of alkyl halides is 9. The highest BCUT2D eigenvalue weighted by atomic mass is 28.4. The normalized spacial score (nSPS) is 13.7. The lowest BCUT2D eigenvalue weighted by Crippen LogP contribution is -2.47. The van der Waals surface area contributed by atoms with Gasteiger partial charge in [-0.15, -0.1) is 0 Å². The van der Waals surface area contributed by atoms with E-state index in [2.05, 4.69) is 0 Å². The minimum Gasteiger partial charge on any atom is -0.377 e. The lowest BCUT2D eigenvalue weighted by molar-refractivity contribution is -0.222. The molecule has 51 heavy (non-hydrogen) atoms. The van der Waals surface area contributed by atoms with Gasteiger partial charge < -0.3 is 44.7 Å². The smallest absolute Gasteiger partial charge is 0.377 e. The standard InChI is InChI=1S/C17H33F6NO7Si2.C10H21F3O3Si.CH4/c1-26-32(27-2,28-3)11-7-9-24(10-8-12-33(29-4,30-5)31-6)15(25)14(17(21,22)23)13-16(18,19)20;1-4-14-17(15-5-2,16-6-3)9-7-8-10(11,12)13;/h14H,7-13H2,1-6H3;4-9H2,1-3H3;1H4. The quantitative estimate of drug-likeness (QED) is 0.0680. The van der Waals surface area contributed by atoms with Crippen LogP contribution < -0.4 is 0 Å². The van der Waals surface area contributed by atoms with Crippen LogP contribution in [0.2, 0.25) is 18.1 Å². The van der Waals surface area contributed by atoms with Crippen molar-refractivity contribution in [1.82, 2.24) is 4.90 Å². The van der Waals surface area contributed by atoms with Gasteiger partial charge in [0.05, 0.1) is 6.42 Å². The second-order valence-corrected chi connectivity index (χ2v) is 19.4. The summed E-state index contributed by atoms with van der Waals surface area (Å²) in [5.74, 6) is -4.86. The van der Waals surface area contributed by atoms with E-state index < -0.39 is 69.6 Å². The molecule has 0 aromatic heterocycles. The van der Waals surface area contributed by atoms with Crippen molar-refractivity contribution < 1.29 is 84.1 Å². The number of halogens is 9. The third-order valence-electron chi connectivity index (χ3n) is 7.16. The Morgan fingerprint density at radius 1 is 0.569 bits per heavy atom. The third-order valence-corrected chi connectivity index (χ3v) is 16.0. The molecule has 0 aromatic rings. The van der Waals surface area contributed by atoms with Crippen molar-refractivity contribution in [1.29, 1.82) is 0 Å². The maximum Gasteiger partial charge on any atom is 0.500 e. The highest BCUT2D eigenvalue weighted by Gasteiger charge is 2.52. The molecule has 0 aliphatic heterocycles. The van der Waals surface area contributed by atoms with Crippen molar-refractivity contribution in [3.05, 3.63) is 0 Å². The zero-order valence-corrected chi connectivity index (χ0v) is 33.2. The molecule has 0 spiro atoms. The molecule has 0 aromatic carbocycles. The average Bonchev–Trinajstić information content (AvgIpc) is 3.02. The average molecular weight is 824 g/mol. The number of rotatable bonds is 25. The van der Waals surface area contributed by atoms with Gasteiger partial charge in [0.2, 0.25) is 5.91 Å². The van der Waals surface area contributed by atoms with Crippen LogP contribution >= 0.6 is 0 Å². The van der Waals surface area contributed by atoms with Gasteiger partial charge in [0, 0.05) is 100 Å². The van der Waals surface area contributed by atoms with Gasteiger partial charge in [-0.1, -0.05) is 7.43 Å². The van der Waals surface area contributed by atoms with E-state index in [1.807, 2.05) is 0 Å². The third kappa shape index (κ3) is 22.2. The summed E-state index contributed by atoms with van der Waals surface area (Å²) in [6, 6.07) is 0.494. The largest absolute Gasteiger partial charge is 0.500 e. The van der Waals surface area contributed by atoms with Gasteiger partial charge in [0.1, 0.15) is 5.92 Å². The van der Waals surface area contributed by atoms with E-state index >= 15 is 0 Å². The maximum atomic E-state index is 13.4. The fourth-order valence-corrected chi connectivity index (χ4v) is 10.7. The Kier molecular flexibility index (Phi) is 27.8. The number of amides is 1. The van der Waals surface area contributed by atoms with Crippen LogP contribution in [0.1, 0.15) is 60.3 Å². The molecule has 0 aliphatic rings. The predicted molar refractivity (Wildman–Crippen MR) is 177 cm³/mol. The van der Waals surface area contributed by atoms with E-state index in [-0.39, 0.29) is 57.9 Å². The Balaban J connectivity index is -0.00000108. The van der Waals surface area contributed by atoms with Crippen molar-refractivity contribution in [3.8, 4) is 0 Å². The molecule has 0 rings (SSSR count). The first-order valence-corrected chi connectivity index (χ1v) is 21.6. The minimum absolute atomic E-state index is 0. The van der Waals surface area contributed by atoms with Crippen LogP contribution in [-0.4, -0.2) is 131 Å². The van der Waals surface area contributed by atoms with E-state index in [1.165, 1.54) is 42.7 Å². The van der Waals surface area contributed by atoms with Gasteiger partial charge >= 0.3 is 44.9 Å².